The number of amides is 2. The summed E-state index contributed by atoms with van der Waals surface area (Å²) in [5.41, 5.74) is 6.48. The summed E-state index contributed by atoms with van der Waals surface area (Å²) in [6, 6.07) is 15.5. The summed E-state index contributed by atoms with van der Waals surface area (Å²) in [6.07, 6.45) is -0.704. The molecule has 0 spiro atoms. The number of anilines is 1. The molecule has 0 aliphatic heterocycles. The molecule has 0 radical (unpaired) electrons. The van der Waals surface area contributed by atoms with Gasteiger partial charge >= 0.3 is 12.1 Å². The first-order valence-corrected chi connectivity index (χ1v) is 10.7. The van der Waals surface area contributed by atoms with Crippen molar-refractivity contribution in [1.82, 2.24) is 10.4 Å². The summed E-state index contributed by atoms with van der Waals surface area (Å²) in [5, 5.41) is 11.1. The average molecular weight is 470 g/mol. The van der Waals surface area contributed by atoms with Gasteiger partial charge in [-0.3, -0.25) is 15.6 Å². The molecular weight excluding hydrogens is 438 g/mol. The maximum atomic E-state index is 13.7. The van der Waals surface area contributed by atoms with Crippen LogP contribution < -0.4 is 16.5 Å². The van der Waals surface area contributed by atoms with Crippen LogP contribution in [0.1, 0.15) is 38.8 Å². The monoisotopic (exact) mass is 469 g/mol. The van der Waals surface area contributed by atoms with Gasteiger partial charge in [-0.1, -0.05) is 42.5 Å². The first kappa shape index (κ1) is 26.2. The van der Waals surface area contributed by atoms with Gasteiger partial charge in [0.2, 0.25) is 6.41 Å². The van der Waals surface area contributed by atoms with Crippen molar-refractivity contribution in [2.24, 2.45) is 5.73 Å². The Kier molecular flexibility index (Phi) is 8.60. The van der Waals surface area contributed by atoms with Crippen LogP contribution in [-0.2, 0) is 31.0 Å². The fourth-order valence-electron chi connectivity index (χ4n) is 3.42. The Morgan fingerprint density at radius 1 is 1.12 bits per heavy atom. The molecule has 0 aromatic heterocycles. The molecule has 34 heavy (non-hydrogen) atoms. The number of nitrogens with one attached hydrogen (secondary N) is 3. The lowest BCUT2D eigenvalue weighted by Crippen LogP contribution is -2.62. The minimum Gasteiger partial charge on any atom is -0.464 e. The van der Waals surface area contributed by atoms with Gasteiger partial charge < -0.3 is 20.5 Å². The highest BCUT2D eigenvalue weighted by Crippen LogP contribution is 2.36. The van der Waals surface area contributed by atoms with E-state index in [4.69, 9.17) is 20.6 Å². The van der Waals surface area contributed by atoms with E-state index in [0.29, 0.717) is 23.2 Å². The lowest BCUT2D eigenvalue weighted by atomic mass is 9.82. The Labute approximate surface area is 198 Å². The van der Waals surface area contributed by atoms with Crippen molar-refractivity contribution in [2.45, 2.75) is 45.3 Å². The molecule has 182 valence electrons. The second-order valence-corrected chi connectivity index (χ2v) is 8.43. The van der Waals surface area contributed by atoms with Crippen molar-refractivity contribution in [3.8, 4) is 0 Å². The van der Waals surface area contributed by atoms with E-state index in [1.54, 1.807) is 76.2 Å². The molecule has 0 saturated heterocycles. The van der Waals surface area contributed by atoms with Crippen molar-refractivity contribution in [1.29, 1.82) is 5.41 Å². The smallest absolute Gasteiger partial charge is 0.430 e. The topological polar surface area (TPSA) is 147 Å². The summed E-state index contributed by atoms with van der Waals surface area (Å²) < 4.78 is 11.0. The molecule has 0 aliphatic rings. The van der Waals surface area contributed by atoms with E-state index in [1.165, 1.54) is 0 Å². The van der Waals surface area contributed by atoms with Crippen LogP contribution in [0.5, 0.6) is 0 Å². The lowest BCUT2D eigenvalue weighted by Gasteiger charge is -2.41. The molecular formula is C24H31N5O5. The maximum absolute atomic E-state index is 13.7. The molecule has 10 nitrogen and oxygen atoms in total. The first-order chi connectivity index (χ1) is 16.0. The number of guanidine groups is 1. The predicted octanol–water partition coefficient (Wildman–Crippen LogP) is 2.89. The van der Waals surface area contributed by atoms with Gasteiger partial charge in [-0.05, 0) is 51.0 Å². The van der Waals surface area contributed by atoms with Crippen molar-refractivity contribution in [3.05, 3.63) is 65.7 Å². The van der Waals surface area contributed by atoms with Crippen LogP contribution in [0.4, 0.5) is 10.5 Å². The molecule has 5 N–H and O–H groups in total. The standard InChI is InChI=1S/C24H31N5O5/c1-5-33-20(31)24(15-17-10-7-6-8-11-17,18-12-9-13-19(14-18)28-21(25)26)29(27-16-30)22(32)34-23(2,3)4/h6-14,16H,5,15H2,1-4H3,(H,27,30)(H4,25,26,28)/t24-/m1/s1. The number of nitrogens with two attached hydrogens (primary N) is 1. The number of hydrazine groups is 1. The molecule has 0 unspecified atom stereocenters. The number of hydrogen-bond donors (Lipinski definition) is 4. The van der Waals surface area contributed by atoms with E-state index in [0.717, 1.165) is 5.01 Å². The molecule has 2 aromatic carbocycles. The van der Waals surface area contributed by atoms with Crippen molar-refractivity contribution in [2.75, 3.05) is 11.9 Å². The number of benzene rings is 2. The average Bonchev–Trinajstić information content (AvgIpc) is 2.75. The molecule has 2 rings (SSSR count). The van der Waals surface area contributed by atoms with Gasteiger partial charge in [-0.25, -0.2) is 9.59 Å². The molecule has 10 heteroatoms. The zero-order valence-electron chi connectivity index (χ0n) is 19.8. The third-order valence-corrected chi connectivity index (χ3v) is 4.67. The quantitative estimate of drug-likeness (QED) is 0.145. The summed E-state index contributed by atoms with van der Waals surface area (Å²) in [5.74, 6) is -1.09. The van der Waals surface area contributed by atoms with E-state index < -0.39 is 23.2 Å². The summed E-state index contributed by atoms with van der Waals surface area (Å²) in [6.45, 7) is 6.69. The van der Waals surface area contributed by atoms with Gasteiger partial charge in [-0.2, -0.15) is 5.01 Å². The maximum Gasteiger partial charge on any atom is 0.430 e. The van der Waals surface area contributed by atoms with E-state index in [2.05, 4.69) is 10.7 Å². The van der Waals surface area contributed by atoms with E-state index in [-0.39, 0.29) is 19.0 Å². The highest BCUT2D eigenvalue weighted by molar-refractivity contribution is 5.91. The molecule has 2 amide bonds. The third-order valence-electron chi connectivity index (χ3n) is 4.67. The van der Waals surface area contributed by atoms with Gasteiger partial charge in [0.25, 0.3) is 0 Å². The van der Waals surface area contributed by atoms with Crippen LogP contribution in [0.2, 0.25) is 0 Å². The summed E-state index contributed by atoms with van der Waals surface area (Å²) >= 11 is 0. The lowest BCUT2D eigenvalue weighted by molar-refractivity contribution is -0.161. The van der Waals surface area contributed by atoms with Crippen molar-refractivity contribution < 1.29 is 23.9 Å². The number of esters is 1. The second kappa shape index (κ2) is 11.2. The van der Waals surface area contributed by atoms with Crippen molar-refractivity contribution in [3.63, 3.8) is 0 Å². The summed E-state index contributed by atoms with van der Waals surface area (Å²) in [7, 11) is 0. The van der Waals surface area contributed by atoms with Gasteiger partial charge in [0, 0.05) is 12.1 Å². The van der Waals surface area contributed by atoms with Crippen LogP contribution in [-0.4, -0.2) is 41.6 Å². The second-order valence-electron chi connectivity index (χ2n) is 8.43. The number of rotatable bonds is 9. The van der Waals surface area contributed by atoms with Gasteiger partial charge in [0.1, 0.15) is 5.60 Å². The number of hydrogen-bond acceptors (Lipinski definition) is 6. The van der Waals surface area contributed by atoms with E-state index >= 15 is 0 Å². The Hall–Kier alpha value is -4.08. The molecule has 1 atom stereocenters. The van der Waals surface area contributed by atoms with Crippen LogP contribution in [0.3, 0.4) is 0 Å². The highest BCUT2D eigenvalue weighted by atomic mass is 16.6. The zero-order chi connectivity index (χ0) is 25.4. The van der Waals surface area contributed by atoms with Crippen molar-refractivity contribution >= 4 is 30.1 Å². The van der Waals surface area contributed by atoms with E-state index in [9.17, 15) is 14.4 Å². The fraction of sp³-hybridized carbons (Fsp3) is 0.333. The largest absolute Gasteiger partial charge is 0.464 e. The Morgan fingerprint density at radius 3 is 2.35 bits per heavy atom. The third kappa shape index (κ3) is 6.47. The van der Waals surface area contributed by atoms with Gasteiger partial charge in [-0.15, -0.1) is 0 Å². The minimum atomic E-state index is -1.85. The normalized spacial score (nSPS) is 12.6. The SMILES string of the molecule is CCOC(=O)[C@@](Cc1ccccc1)(c1cccc(NC(=N)N)c1)N(NC=O)C(=O)OC(C)(C)C. The van der Waals surface area contributed by atoms with E-state index in [1.807, 2.05) is 6.07 Å². The van der Waals surface area contributed by atoms with Crippen LogP contribution in [0, 0.1) is 5.41 Å². The number of ether oxygens (including phenoxy) is 2. The number of carbonyl (C=O) groups excluding carboxylic acids is 3. The molecule has 0 heterocycles. The fourth-order valence-corrected chi connectivity index (χ4v) is 3.42. The molecule has 0 fully saturated rings. The van der Waals surface area contributed by atoms with Gasteiger partial charge in [0.15, 0.2) is 11.5 Å². The Morgan fingerprint density at radius 2 is 1.79 bits per heavy atom. The molecule has 0 bridgehead atoms. The van der Waals surface area contributed by atoms with Crippen LogP contribution >= 0.6 is 0 Å². The molecule has 2 aromatic rings. The van der Waals surface area contributed by atoms with Crippen LogP contribution in [0.15, 0.2) is 54.6 Å². The number of nitrogens with zero attached hydrogens (tertiary/aromatic N) is 1. The predicted molar refractivity (Wildman–Crippen MR) is 128 cm³/mol. The molecule has 0 saturated carbocycles. The zero-order valence-corrected chi connectivity index (χ0v) is 19.8. The Bertz CT molecular complexity index is 1020. The van der Waals surface area contributed by atoms with Gasteiger partial charge in [0.05, 0.1) is 6.61 Å². The number of carbonyl (C=O) groups is 3. The highest BCUT2D eigenvalue weighted by Gasteiger charge is 2.52. The summed E-state index contributed by atoms with van der Waals surface area (Å²) in [4.78, 5) is 38.6. The Balaban J connectivity index is 2.82. The van der Waals surface area contributed by atoms with Crippen LogP contribution in [0.25, 0.3) is 0 Å². The first-order valence-electron chi connectivity index (χ1n) is 10.7. The minimum absolute atomic E-state index is 0.0318. The molecule has 0 aliphatic carbocycles.